The Kier molecular flexibility index (Phi) is 5.72. The van der Waals surface area contributed by atoms with Crippen molar-refractivity contribution in [3.05, 3.63) is 24.0 Å². The van der Waals surface area contributed by atoms with E-state index in [-0.39, 0.29) is 11.3 Å². The van der Waals surface area contributed by atoms with Gasteiger partial charge < -0.3 is 5.32 Å². The highest BCUT2D eigenvalue weighted by atomic mass is 16.2. The summed E-state index contributed by atoms with van der Waals surface area (Å²) in [7, 11) is 0. The molecule has 0 aliphatic heterocycles. The maximum Gasteiger partial charge on any atom is 0.229 e. The molecule has 1 amide bonds. The molecular formula is C13H22N2O. The molecule has 0 radical (unpaired) electrons. The Hall–Kier alpha value is -1.38. The molecule has 16 heavy (non-hydrogen) atoms. The lowest BCUT2D eigenvalue weighted by atomic mass is 9.95. The van der Waals surface area contributed by atoms with Crippen molar-refractivity contribution >= 4 is 11.6 Å². The molecule has 0 saturated heterocycles. The number of nitrogens with zero attached hydrogens (tertiary/aromatic N) is 1. The van der Waals surface area contributed by atoms with Gasteiger partial charge in [-0.15, -0.1) is 0 Å². The molecule has 1 aromatic rings. The minimum Gasteiger partial charge on any atom is -0.324 e. The Morgan fingerprint density at radius 1 is 1.25 bits per heavy atom. The van der Waals surface area contributed by atoms with Gasteiger partial charge in [0, 0.05) is 11.6 Å². The van der Waals surface area contributed by atoms with Crippen molar-refractivity contribution in [3.8, 4) is 0 Å². The van der Waals surface area contributed by atoms with Gasteiger partial charge in [-0.05, 0) is 18.6 Å². The van der Waals surface area contributed by atoms with E-state index in [9.17, 15) is 4.79 Å². The molecule has 0 aliphatic carbocycles. The molecule has 1 aromatic heterocycles. The largest absolute Gasteiger partial charge is 0.324 e. The van der Waals surface area contributed by atoms with Crippen molar-refractivity contribution in [1.29, 1.82) is 0 Å². The number of hydrogen-bond acceptors (Lipinski definition) is 2. The van der Waals surface area contributed by atoms with Crippen LogP contribution in [0.4, 0.5) is 5.69 Å². The summed E-state index contributed by atoms with van der Waals surface area (Å²) < 4.78 is 0. The van der Waals surface area contributed by atoms with Gasteiger partial charge in [0.1, 0.15) is 0 Å². The van der Waals surface area contributed by atoms with E-state index in [1.165, 1.54) is 0 Å². The van der Waals surface area contributed by atoms with Crippen LogP contribution in [0.5, 0.6) is 0 Å². The van der Waals surface area contributed by atoms with Crippen molar-refractivity contribution in [2.24, 2.45) is 5.41 Å². The second kappa shape index (κ2) is 6.26. The summed E-state index contributed by atoms with van der Waals surface area (Å²) in [5, 5.41) is 2.82. The van der Waals surface area contributed by atoms with Crippen molar-refractivity contribution in [2.45, 2.75) is 41.5 Å². The first-order valence-electron chi connectivity index (χ1n) is 5.63. The standard InChI is InChI=1S/C11H16N2O.C2H6/c1-8-5-9(7-12-6-8)13-10(14)11(2,3)4;1-2/h5-7H,1-4H3,(H,13,14);1-2H3. The topological polar surface area (TPSA) is 42.0 Å². The fourth-order valence-electron chi connectivity index (χ4n) is 0.942. The molecule has 90 valence electrons. The minimum atomic E-state index is -0.371. The first-order valence-corrected chi connectivity index (χ1v) is 5.63. The van der Waals surface area contributed by atoms with Crippen LogP contribution >= 0.6 is 0 Å². The third kappa shape index (κ3) is 4.91. The highest BCUT2D eigenvalue weighted by Crippen LogP contribution is 2.17. The van der Waals surface area contributed by atoms with Crippen LogP contribution in [-0.2, 0) is 4.79 Å². The van der Waals surface area contributed by atoms with Crippen LogP contribution in [0.25, 0.3) is 0 Å². The van der Waals surface area contributed by atoms with Gasteiger partial charge in [-0.25, -0.2) is 0 Å². The van der Waals surface area contributed by atoms with E-state index in [0.29, 0.717) is 0 Å². The SMILES string of the molecule is CC.Cc1cncc(NC(=O)C(C)(C)C)c1. The number of anilines is 1. The average Bonchev–Trinajstić information content (AvgIpc) is 2.19. The van der Waals surface area contributed by atoms with Crippen molar-refractivity contribution in [3.63, 3.8) is 0 Å². The smallest absolute Gasteiger partial charge is 0.229 e. The first kappa shape index (κ1) is 14.6. The summed E-state index contributed by atoms with van der Waals surface area (Å²) in [6.45, 7) is 11.6. The number of amides is 1. The van der Waals surface area contributed by atoms with E-state index < -0.39 is 0 Å². The predicted molar refractivity (Wildman–Crippen MR) is 68.4 cm³/mol. The molecule has 0 spiro atoms. The number of aromatic nitrogens is 1. The maximum atomic E-state index is 11.6. The molecule has 0 unspecified atom stereocenters. The van der Waals surface area contributed by atoms with Crippen molar-refractivity contribution in [1.82, 2.24) is 4.98 Å². The normalized spacial score (nSPS) is 10.1. The number of nitrogens with one attached hydrogen (secondary N) is 1. The summed E-state index contributed by atoms with van der Waals surface area (Å²) in [5.74, 6) is 0.00454. The molecular weight excluding hydrogens is 200 g/mol. The maximum absolute atomic E-state index is 11.6. The summed E-state index contributed by atoms with van der Waals surface area (Å²) in [6, 6.07) is 1.90. The molecule has 1 N–H and O–H groups in total. The fourth-order valence-corrected chi connectivity index (χ4v) is 0.942. The zero-order chi connectivity index (χ0) is 12.8. The molecule has 3 heteroatoms. The van der Waals surface area contributed by atoms with Crippen LogP contribution in [0.2, 0.25) is 0 Å². The molecule has 1 heterocycles. The quantitative estimate of drug-likeness (QED) is 0.791. The number of rotatable bonds is 1. The van der Waals surface area contributed by atoms with Gasteiger partial charge >= 0.3 is 0 Å². The van der Waals surface area contributed by atoms with Gasteiger partial charge in [0.2, 0.25) is 5.91 Å². The molecule has 0 saturated carbocycles. The van der Waals surface area contributed by atoms with Crippen LogP contribution in [-0.4, -0.2) is 10.9 Å². The molecule has 0 aromatic carbocycles. The van der Waals surface area contributed by atoms with Gasteiger partial charge in [-0.3, -0.25) is 9.78 Å². The summed E-state index contributed by atoms with van der Waals surface area (Å²) >= 11 is 0. The zero-order valence-corrected chi connectivity index (χ0v) is 11.1. The Bertz CT molecular complexity index is 340. The van der Waals surface area contributed by atoms with Gasteiger partial charge in [0.25, 0.3) is 0 Å². The van der Waals surface area contributed by atoms with Crippen LogP contribution in [0, 0.1) is 12.3 Å². The van der Waals surface area contributed by atoms with Crippen molar-refractivity contribution < 1.29 is 4.79 Å². The van der Waals surface area contributed by atoms with E-state index in [1.807, 2.05) is 47.6 Å². The number of hydrogen-bond donors (Lipinski definition) is 1. The Balaban J connectivity index is 0.00000106. The first-order chi connectivity index (χ1) is 7.39. The Morgan fingerprint density at radius 3 is 2.25 bits per heavy atom. The molecule has 0 aliphatic rings. The van der Waals surface area contributed by atoms with Crippen LogP contribution in [0.3, 0.4) is 0 Å². The minimum absolute atomic E-state index is 0.00454. The van der Waals surface area contributed by atoms with Gasteiger partial charge in [-0.2, -0.15) is 0 Å². The van der Waals surface area contributed by atoms with E-state index in [2.05, 4.69) is 10.3 Å². The Morgan fingerprint density at radius 2 is 1.81 bits per heavy atom. The fraction of sp³-hybridized carbons (Fsp3) is 0.538. The zero-order valence-electron chi connectivity index (χ0n) is 11.1. The third-order valence-corrected chi connectivity index (χ3v) is 1.81. The van der Waals surface area contributed by atoms with Crippen LogP contribution in [0.1, 0.15) is 40.2 Å². The monoisotopic (exact) mass is 222 g/mol. The number of aryl methyl sites for hydroxylation is 1. The second-order valence-electron chi connectivity index (χ2n) is 4.46. The average molecular weight is 222 g/mol. The van der Waals surface area contributed by atoms with Crippen LogP contribution in [0.15, 0.2) is 18.5 Å². The highest BCUT2D eigenvalue weighted by molar-refractivity contribution is 5.94. The second-order valence-corrected chi connectivity index (χ2v) is 4.46. The Labute approximate surface area is 98.3 Å². The summed E-state index contributed by atoms with van der Waals surface area (Å²) in [6.07, 6.45) is 3.41. The molecule has 0 atom stereocenters. The molecule has 0 bridgehead atoms. The van der Waals surface area contributed by atoms with E-state index >= 15 is 0 Å². The van der Waals surface area contributed by atoms with Gasteiger partial charge in [0.15, 0.2) is 0 Å². The lowest BCUT2D eigenvalue weighted by molar-refractivity contribution is -0.123. The number of carbonyl (C=O) groups is 1. The number of carbonyl (C=O) groups excluding carboxylic acids is 1. The van der Waals surface area contributed by atoms with Gasteiger partial charge in [0.05, 0.1) is 11.9 Å². The van der Waals surface area contributed by atoms with E-state index in [4.69, 9.17) is 0 Å². The van der Waals surface area contributed by atoms with E-state index in [0.717, 1.165) is 11.3 Å². The number of pyridine rings is 1. The third-order valence-electron chi connectivity index (χ3n) is 1.81. The lowest BCUT2D eigenvalue weighted by Crippen LogP contribution is -2.27. The summed E-state index contributed by atoms with van der Waals surface area (Å²) in [4.78, 5) is 15.6. The predicted octanol–water partition coefficient (Wildman–Crippen LogP) is 3.40. The summed E-state index contributed by atoms with van der Waals surface area (Å²) in [5.41, 5.74) is 1.42. The van der Waals surface area contributed by atoms with Crippen LogP contribution < -0.4 is 5.32 Å². The van der Waals surface area contributed by atoms with Gasteiger partial charge in [-0.1, -0.05) is 34.6 Å². The molecule has 0 fully saturated rings. The lowest BCUT2D eigenvalue weighted by Gasteiger charge is -2.17. The highest BCUT2D eigenvalue weighted by Gasteiger charge is 2.20. The molecule has 3 nitrogen and oxygen atoms in total. The van der Waals surface area contributed by atoms with E-state index in [1.54, 1.807) is 12.4 Å². The molecule has 1 rings (SSSR count). The van der Waals surface area contributed by atoms with Crippen molar-refractivity contribution in [2.75, 3.05) is 5.32 Å².